The first-order valence-electron chi connectivity index (χ1n) is 4.99. The second kappa shape index (κ2) is 4.45. The predicted molar refractivity (Wildman–Crippen MR) is 68.5 cm³/mol. The average Bonchev–Trinajstić information content (AvgIpc) is 2.08. The molecule has 1 aromatic rings. The number of benzene rings is 1. The fourth-order valence-electron chi connectivity index (χ4n) is 1.19. The molecule has 0 aliphatic carbocycles. The van der Waals surface area contributed by atoms with Gasteiger partial charge >= 0.3 is 5.97 Å². The molecule has 2 N–H and O–H groups in total. The molecule has 0 saturated carbocycles. The Balaban J connectivity index is 3.05. The van der Waals surface area contributed by atoms with E-state index in [4.69, 9.17) is 10.5 Å². The Morgan fingerprint density at radius 1 is 1.38 bits per heavy atom. The molecular formula is C12H16BrNO2. The Morgan fingerprint density at radius 3 is 2.44 bits per heavy atom. The third-order valence-electron chi connectivity index (χ3n) is 1.97. The van der Waals surface area contributed by atoms with E-state index in [1.807, 2.05) is 27.7 Å². The number of carbonyl (C=O) groups excluding carboxylic acids is 1. The lowest BCUT2D eigenvalue weighted by atomic mass is 10.1. The molecule has 0 heterocycles. The lowest BCUT2D eigenvalue weighted by molar-refractivity contribution is 0.00684. The fourth-order valence-corrected chi connectivity index (χ4v) is 1.71. The number of hydrogen-bond acceptors (Lipinski definition) is 3. The predicted octanol–water partition coefficient (Wildman–Crippen LogP) is 3.30. The highest BCUT2D eigenvalue weighted by Gasteiger charge is 2.20. The second-order valence-electron chi connectivity index (χ2n) is 4.69. The van der Waals surface area contributed by atoms with Crippen molar-refractivity contribution in [1.29, 1.82) is 0 Å². The molecule has 1 rings (SSSR count). The van der Waals surface area contributed by atoms with E-state index >= 15 is 0 Å². The van der Waals surface area contributed by atoms with E-state index in [1.165, 1.54) is 0 Å². The van der Waals surface area contributed by atoms with Crippen LogP contribution in [0.25, 0.3) is 0 Å². The molecular weight excluding hydrogens is 270 g/mol. The fraction of sp³-hybridized carbons (Fsp3) is 0.417. The molecule has 0 aliphatic rings. The molecule has 16 heavy (non-hydrogen) atoms. The van der Waals surface area contributed by atoms with Gasteiger partial charge in [-0.05, 0) is 61.3 Å². The summed E-state index contributed by atoms with van der Waals surface area (Å²) in [7, 11) is 0. The molecule has 0 aromatic heterocycles. The number of nitrogens with two attached hydrogens (primary N) is 1. The van der Waals surface area contributed by atoms with Crippen molar-refractivity contribution >= 4 is 27.6 Å². The summed E-state index contributed by atoms with van der Waals surface area (Å²) in [6, 6.07) is 3.45. The van der Waals surface area contributed by atoms with Crippen molar-refractivity contribution in [3.05, 3.63) is 27.7 Å². The Kier molecular flexibility index (Phi) is 3.63. The zero-order valence-corrected chi connectivity index (χ0v) is 11.5. The van der Waals surface area contributed by atoms with Gasteiger partial charge in [-0.1, -0.05) is 0 Å². The van der Waals surface area contributed by atoms with Crippen molar-refractivity contribution in [3.8, 4) is 0 Å². The summed E-state index contributed by atoms with van der Waals surface area (Å²) < 4.78 is 5.95. The molecule has 0 atom stereocenters. The molecule has 1 aromatic carbocycles. The molecule has 0 aliphatic heterocycles. The van der Waals surface area contributed by atoms with Crippen LogP contribution in [0.4, 0.5) is 5.69 Å². The third-order valence-corrected chi connectivity index (χ3v) is 2.63. The van der Waals surface area contributed by atoms with Crippen molar-refractivity contribution in [2.24, 2.45) is 0 Å². The van der Waals surface area contributed by atoms with Gasteiger partial charge < -0.3 is 10.5 Å². The molecule has 3 nitrogen and oxygen atoms in total. The van der Waals surface area contributed by atoms with Crippen molar-refractivity contribution in [2.45, 2.75) is 33.3 Å². The summed E-state index contributed by atoms with van der Waals surface area (Å²) in [6.45, 7) is 7.37. The minimum absolute atomic E-state index is 0.345. The van der Waals surface area contributed by atoms with Gasteiger partial charge in [-0.25, -0.2) is 4.79 Å². The maximum Gasteiger partial charge on any atom is 0.339 e. The number of ether oxygens (including phenoxy) is 1. The number of halogens is 1. The Bertz CT molecular complexity index is 422. The molecule has 0 amide bonds. The molecule has 0 spiro atoms. The first-order chi connectivity index (χ1) is 7.20. The van der Waals surface area contributed by atoms with E-state index in [1.54, 1.807) is 12.1 Å². The van der Waals surface area contributed by atoms with Crippen LogP contribution in [-0.4, -0.2) is 11.6 Å². The first-order valence-corrected chi connectivity index (χ1v) is 5.79. The van der Waals surface area contributed by atoms with Crippen molar-refractivity contribution in [3.63, 3.8) is 0 Å². The molecule has 0 fully saturated rings. The zero-order valence-electron chi connectivity index (χ0n) is 9.93. The molecule has 0 bridgehead atoms. The number of hydrogen-bond donors (Lipinski definition) is 1. The van der Waals surface area contributed by atoms with Crippen molar-refractivity contribution in [1.82, 2.24) is 0 Å². The smallest absolute Gasteiger partial charge is 0.339 e. The zero-order chi connectivity index (χ0) is 12.5. The van der Waals surface area contributed by atoms with Crippen LogP contribution in [0.1, 0.15) is 36.7 Å². The van der Waals surface area contributed by atoms with E-state index < -0.39 is 5.60 Å². The van der Waals surface area contributed by atoms with Gasteiger partial charge in [-0.3, -0.25) is 0 Å². The maximum atomic E-state index is 11.9. The van der Waals surface area contributed by atoms with Gasteiger partial charge in [-0.15, -0.1) is 0 Å². The Morgan fingerprint density at radius 2 is 1.94 bits per heavy atom. The highest BCUT2D eigenvalue weighted by molar-refractivity contribution is 9.10. The van der Waals surface area contributed by atoms with Crippen LogP contribution >= 0.6 is 15.9 Å². The Hall–Kier alpha value is -1.03. The van der Waals surface area contributed by atoms with Crippen molar-refractivity contribution in [2.75, 3.05) is 5.73 Å². The number of carbonyl (C=O) groups is 1. The van der Waals surface area contributed by atoms with Crippen LogP contribution in [0.5, 0.6) is 0 Å². The van der Waals surface area contributed by atoms with E-state index in [0.29, 0.717) is 15.7 Å². The van der Waals surface area contributed by atoms with E-state index in [9.17, 15) is 4.79 Å². The summed E-state index contributed by atoms with van der Waals surface area (Å²) in [5, 5.41) is 0. The number of esters is 1. The number of rotatable bonds is 1. The van der Waals surface area contributed by atoms with Crippen LogP contribution < -0.4 is 5.73 Å². The van der Waals surface area contributed by atoms with Gasteiger partial charge in [0.15, 0.2) is 0 Å². The monoisotopic (exact) mass is 285 g/mol. The van der Waals surface area contributed by atoms with E-state index in [2.05, 4.69) is 15.9 Å². The summed E-state index contributed by atoms with van der Waals surface area (Å²) >= 11 is 3.31. The van der Waals surface area contributed by atoms with Crippen molar-refractivity contribution < 1.29 is 9.53 Å². The lowest BCUT2D eigenvalue weighted by Crippen LogP contribution is -2.24. The quantitative estimate of drug-likeness (QED) is 0.636. The van der Waals surface area contributed by atoms with E-state index in [-0.39, 0.29) is 5.97 Å². The standard InChI is InChI=1S/C12H16BrNO2/c1-7-5-8(9(13)6-10(7)14)11(15)16-12(2,3)4/h5-6H,14H2,1-4H3. The number of aryl methyl sites for hydroxylation is 1. The maximum absolute atomic E-state index is 11.9. The van der Waals surface area contributed by atoms with Gasteiger partial charge in [0.05, 0.1) is 5.56 Å². The minimum atomic E-state index is -0.494. The summed E-state index contributed by atoms with van der Waals surface area (Å²) in [5.74, 6) is -0.345. The first kappa shape index (κ1) is 13.0. The summed E-state index contributed by atoms with van der Waals surface area (Å²) in [5.41, 5.74) is 7.26. The van der Waals surface area contributed by atoms with Gasteiger partial charge in [0.1, 0.15) is 5.60 Å². The molecule has 0 radical (unpaired) electrons. The Labute approximate surface area is 104 Å². The molecule has 88 valence electrons. The van der Waals surface area contributed by atoms with Crippen LogP contribution in [0, 0.1) is 6.92 Å². The lowest BCUT2D eigenvalue weighted by Gasteiger charge is -2.20. The summed E-state index contributed by atoms with van der Waals surface area (Å²) in [4.78, 5) is 11.9. The normalized spacial score (nSPS) is 11.3. The highest BCUT2D eigenvalue weighted by Crippen LogP contribution is 2.25. The van der Waals surface area contributed by atoms with Gasteiger partial charge in [0.25, 0.3) is 0 Å². The van der Waals surface area contributed by atoms with E-state index in [0.717, 1.165) is 5.56 Å². The topological polar surface area (TPSA) is 52.3 Å². The minimum Gasteiger partial charge on any atom is -0.456 e. The number of anilines is 1. The molecule has 4 heteroatoms. The third kappa shape index (κ3) is 3.23. The largest absolute Gasteiger partial charge is 0.456 e. The van der Waals surface area contributed by atoms with Crippen LogP contribution in [0.15, 0.2) is 16.6 Å². The molecule has 0 saturated heterocycles. The highest BCUT2D eigenvalue weighted by atomic mass is 79.9. The SMILES string of the molecule is Cc1cc(C(=O)OC(C)(C)C)c(Br)cc1N. The molecule has 0 unspecified atom stereocenters. The average molecular weight is 286 g/mol. The van der Waals surface area contributed by atoms with Gasteiger partial charge in [0, 0.05) is 10.2 Å². The second-order valence-corrected chi connectivity index (χ2v) is 5.54. The van der Waals surface area contributed by atoms with Crippen LogP contribution in [0.2, 0.25) is 0 Å². The van der Waals surface area contributed by atoms with Crippen LogP contribution in [-0.2, 0) is 4.74 Å². The van der Waals surface area contributed by atoms with Gasteiger partial charge in [0.2, 0.25) is 0 Å². The van der Waals surface area contributed by atoms with Crippen LogP contribution in [0.3, 0.4) is 0 Å². The van der Waals surface area contributed by atoms with Gasteiger partial charge in [-0.2, -0.15) is 0 Å². The number of nitrogen functional groups attached to an aromatic ring is 1. The summed E-state index contributed by atoms with van der Waals surface area (Å²) in [6.07, 6.45) is 0.